The first kappa shape index (κ1) is 24.3. The van der Waals surface area contributed by atoms with Crippen LogP contribution in [0.1, 0.15) is 49.7 Å². The van der Waals surface area contributed by atoms with Crippen LogP contribution in [0.3, 0.4) is 0 Å². The van der Waals surface area contributed by atoms with Crippen LogP contribution < -0.4 is 10.6 Å². The molecule has 0 saturated carbocycles. The third-order valence-corrected chi connectivity index (χ3v) is 5.93. The summed E-state index contributed by atoms with van der Waals surface area (Å²) in [6, 6.07) is 14.8. The van der Waals surface area contributed by atoms with Gasteiger partial charge in [0.25, 0.3) is 0 Å². The molecule has 0 saturated heterocycles. The van der Waals surface area contributed by atoms with E-state index in [-0.39, 0.29) is 38.0 Å². The van der Waals surface area contributed by atoms with Crippen molar-refractivity contribution in [2.24, 2.45) is 0 Å². The summed E-state index contributed by atoms with van der Waals surface area (Å²) in [6.45, 7) is 1.76. The molecule has 0 bridgehead atoms. The van der Waals surface area contributed by atoms with Crippen molar-refractivity contribution in [2.45, 2.75) is 50.6 Å². The summed E-state index contributed by atoms with van der Waals surface area (Å²) in [7, 11) is 0. The summed E-state index contributed by atoms with van der Waals surface area (Å²) in [5, 5.41) is 23.2. The first-order valence-electron chi connectivity index (χ1n) is 11.2. The second kappa shape index (κ2) is 11.5. The van der Waals surface area contributed by atoms with Gasteiger partial charge >= 0.3 is 12.1 Å². The van der Waals surface area contributed by atoms with Crippen molar-refractivity contribution < 1.29 is 29.3 Å². The number of fused-ring (bicyclic) bond motifs is 3. The number of carboxylic acids is 1. The molecule has 2 aromatic carbocycles. The molecule has 0 spiro atoms. The van der Waals surface area contributed by atoms with Crippen molar-refractivity contribution >= 4 is 18.0 Å². The van der Waals surface area contributed by atoms with Crippen molar-refractivity contribution in [1.82, 2.24) is 10.6 Å². The molecule has 3 rings (SSSR count). The molecule has 1 aliphatic rings. The number of rotatable bonds is 11. The van der Waals surface area contributed by atoms with E-state index < -0.39 is 24.0 Å². The van der Waals surface area contributed by atoms with E-state index in [2.05, 4.69) is 34.9 Å². The van der Waals surface area contributed by atoms with Gasteiger partial charge in [0.1, 0.15) is 12.6 Å². The zero-order valence-corrected chi connectivity index (χ0v) is 18.6. The van der Waals surface area contributed by atoms with E-state index in [1.54, 1.807) is 0 Å². The van der Waals surface area contributed by atoms with Gasteiger partial charge in [0.05, 0.1) is 0 Å². The van der Waals surface area contributed by atoms with E-state index >= 15 is 0 Å². The molecular weight excluding hydrogens is 424 g/mol. The number of aliphatic hydroxyl groups excluding tert-OH is 1. The van der Waals surface area contributed by atoms with E-state index in [1.165, 1.54) is 0 Å². The normalized spacial score (nSPS) is 14.0. The lowest BCUT2D eigenvalue weighted by atomic mass is 9.98. The van der Waals surface area contributed by atoms with E-state index in [1.807, 2.05) is 31.2 Å². The van der Waals surface area contributed by atoms with Gasteiger partial charge in [0, 0.05) is 31.4 Å². The van der Waals surface area contributed by atoms with Gasteiger partial charge in [-0.1, -0.05) is 55.5 Å². The maximum atomic E-state index is 12.5. The van der Waals surface area contributed by atoms with Gasteiger partial charge in [-0.15, -0.1) is 0 Å². The minimum atomic E-state index is -1.19. The number of aliphatic carboxylic acids is 1. The Morgan fingerprint density at radius 2 is 1.58 bits per heavy atom. The molecule has 176 valence electrons. The fourth-order valence-corrected chi connectivity index (χ4v) is 4.14. The summed E-state index contributed by atoms with van der Waals surface area (Å²) >= 11 is 0. The molecule has 1 aliphatic carbocycles. The summed E-state index contributed by atoms with van der Waals surface area (Å²) in [5.74, 6) is -1.67. The van der Waals surface area contributed by atoms with E-state index in [4.69, 9.17) is 14.9 Å². The highest BCUT2D eigenvalue weighted by atomic mass is 16.5. The summed E-state index contributed by atoms with van der Waals surface area (Å²) < 4.78 is 5.55. The number of hydrogen-bond donors (Lipinski definition) is 4. The molecule has 33 heavy (non-hydrogen) atoms. The smallest absolute Gasteiger partial charge is 0.407 e. The van der Waals surface area contributed by atoms with E-state index in [0.717, 1.165) is 22.3 Å². The molecule has 2 atom stereocenters. The third-order valence-electron chi connectivity index (χ3n) is 5.93. The molecule has 0 heterocycles. The molecule has 8 heteroatoms. The average Bonchev–Trinajstić information content (AvgIpc) is 3.13. The molecule has 0 aliphatic heterocycles. The predicted octanol–water partition coefficient (Wildman–Crippen LogP) is 3.04. The van der Waals surface area contributed by atoms with Gasteiger partial charge in [0.15, 0.2) is 0 Å². The first-order valence-corrected chi connectivity index (χ1v) is 11.2. The number of alkyl carbamates (subject to hydrolysis) is 1. The minimum absolute atomic E-state index is 0.0338. The van der Waals surface area contributed by atoms with Crippen LogP contribution in [-0.2, 0) is 14.3 Å². The van der Waals surface area contributed by atoms with Crippen LogP contribution in [0.25, 0.3) is 11.1 Å². The highest BCUT2D eigenvalue weighted by Crippen LogP contribution is 2.44. The minimum Gasteiger partial charge on any atom is -0.480 e. The van der Waals surface area contributed by atoms with Gasteiger partial charge in [0.2, 0.25) is 5.91 Å². The molecule has 0 radical (unpaired) electrons. The second-order valence-electron chi connectivity index (χ2n) is 8.08. The van der Waals surface area contributed by atoms with Crippen molar-refractivity contribution in [3.63, 3.8) is 0 Å². The number of ether oxygens (including phenoxy) is 1. The molecule has 2 unspecified atom stereocenters. The highest BCUT2D eigenvalue weighted by Gasteiger charge is 2.29. The second-order valence-corrected chi connectivity index (χ2v) is 8.08. The quantitative estimate of drug-likeness (QED) is 0.414. The maximum Gasteiger partial charge on any atom is 0.407 e. The van der Waals surface area contributed by atoms with Crippen LogP contribution in [0.2, 0.25) is 0 Å². The van der Waals surface area contributed by atoms with Gasteiger partial charge in [-0.25, -0.2) is 9.59 Å². The van der Waals surface area contributed by atoms with Crippen LogP contribution in [0.5, 0.6) is 0 Å². The number of carboxylic acid groups (broad SMARTS) is 1. The molecule has 0 fully saturated rings. The number of carbonyl (C=O) groups excluding carboxylic acids is 2. The fraction of sp³-hybridized carbons (Fsp3) is 0.400. The van der Waals surface area contributed by atoms with Crippen LogP contribution in [-0.4, -0.2) is 53.5 Å². The lowest BCUT2D eigenvalue weighted by Gasteiger charge is -2.19. The van der Waals surface area contributed by atoms with E-state index in [9.17, 15) is 14.4 Å². The number of hydrogen-bond acceptors (Lipinski definition) is 5. The molecule has 4 N–H and O–H groups in total. The third kappa shape index (κ3) is 6.10. The Bertz CT molecular complexity index is 947. The number of carbonyl (C=O) groups is 3. The van der Waals surface area contributed by atoms with Crippen LogP contribution in [0.15, 0.2) is 48.5 Å². The van der Waals surface area contributed by atoms with Gasteiger partial charge in [-0.2, -0.15) is 0 Å². The number of aliphatic hydroxyl groups is 1. The predicted molar refractivity (Wildman–Crippen MR) is 123 cm³/mol. The maximum absolute atomic E-state index is 12.5. The summed E-state index contributed by atoms with van der Waals surface area (Å²) in [6.07, 6.45) is 0.384. The summed E-state index contributed by atoms with van der Waals surface area (Å²) in [5.41, 5.74) is 4.57. The molecule has 8 nitrogen and oxygen atoms in total. The molecule has 2 aromatic rings. The molecule has 2 amide bonds. The lowest BCUT2D eigenvalue weighted by molar-refractivity contribution is -0.142. The number of nitrogens with one attached hydrogen (secondary N) is 2. The molecule has 0 aromatic heterocycles. The topological polar surface area (TPSA) is 125 Å². The fourth-order valence-electron chi connectivity index (χ4n) is 4.14. The Hall–Kier alpha value is -3.39. The number of amides is 2. The van der Waals surface area contributed by atoms with Crippen molar-refractivity contribution in [1.29, 1.82) is 0 Å². The largest absolute Gasteiger partial charge is 0.480 e. The van der Waals surface area contributed by atoms with Gasteiger partial charge < -0.3 is 25.6 Å². The zero-order valence-electron chi connectivity index (χ0n) is 18.6. The van der Waals surface area contributed by atoms with Crippen LogP contribution in [0, 0.1) is 0 Å². The standard InChI is InChI=1S/C25H30N2O6/c1-2-16(11-12-23(29)27-22(13-14-28)24(30)31)26-25(32)33-15-21-19-9-5-3-7-17(19)18-8-4-6-10-20(18)21/h3-10,16,21-22,28H,2,11-15H2,1H3,(H,26,32)(H,27,29)(H,30,31). The van der Waals surface area contributed by atoms with Crippen molar-refractivity contribution in [2.75, 3.05) is 13.2 Å². The first-order chi connectivity index (χ1) is 15.9. The zero-order chi connectivity index (χ0) is 23.8. The highest BCUT2D eigenvalue weighted by molar-refractivity contribution is 5.83. The number of benzene rings is 2. The van der Waals surface area contributed by atoms with Crippen molar-refractivity contribution in [3.8, 4) is 11.1 Å². The Morgan fingerprint density at radius 3 is 2.12 bits per heavy atom. The average molecular weight is 455 g/mol. The Labute approximate surface area is 193 Å². The van der Waals surface area contributed by atoms with Crippen molar-refractivity contribution in [3.05, 3.63) is 59.7 Å². The Morgan fingerprint density at radius 1 is 0.970 bits per heavy atom. The lowest BCUT2D eigenvalue weighted by Crippen LogP contribution is -2.42. The summed E-state index contributed by atoms with van der Waals surface area (Å²) in [4.78, 5) is 35.6. The van der Waals surface area contributed by atoms with Gasteiger partial charge in [-0.3, -0.25) is 4.79 Å². The van der Waals surface area contributed by atoms with Crippen LogP contribution >= 0.6 is 0 Å². The van der Waals surface area contributed by atoms with Crippen LogP contribution in [0.4, 0.5) is 4.79 Å². The van der Waals surface area contributed by atoms with Gasteiger partial charge in [-0.05, 0) is 35.1 Å². The monoisotopic (exact) mass is 454 g/mol. The SMILES string of the molecule is CCC(CCC(=O)NC(CCO)C(=O)O)NC(=O)OCC1c2ccccc2-c2ccccc21. The van der Waals surface area contributed by atoms with E-state index in [0.29, 0.717) is 12.8 Å². The Kier molecular flexibility index (Phi) is 8.43. The molecular formula is C25H30N2O6. The Balaban J connectivity index is 1.51.